The molecule has 0 aromatic heterocycles. The summed E-state index contributed by atoms with van der Waals surface area (Å²) < 4.78 is 0. The molecular formula is C11H12N2O. The molecule has 3 heteroatoms. The number of rotatable bonds is 2. The van der Waals surface area contributed by atoms with Crippen molar-refractivity contribution in [3.63, 3.8) is 0 Å². The lowest BCUT2D eigenvalue weighted by Crippen LogP contribution is -2.34. The number of para-hydroxylation sites is 1. The highest BCUT2D eigenvalue weighted by molar-refractivity contribution is 5.82. The van der Waals surface area contributed by atoms with Gasteiger partial charge in [-0.15, -0.1) is 0 Å². The monoisotopic (exact) mass is 188 g/mol. The van der Waals surface area contributed by atoms with E-state index in [0.717, 1.165) is 12.2 Å². The molecule has 1 amide bonds. The summed E-state index contributed by atoms with van der Waals surface area (Å²) in [7, 11) is 0. The molecule has 0 atom stereocenters. The Hall–Kier alpha value is -1.77. The summed E-state index contributed by atoms with van der Waals surface area (Å²) in [5.74, 6) is 0.101. The van der Waals surface area contributed by atoms with Crippen molar-refractivity contribution < 1.29 is 4.79 Å². The molecule has 1 aromatic carbocycles. The van der Waals surface area contributed by atoms with Crippen LogP contribution in [-0.2, 0) is 4.79 Å². The molecule has 1 aliphatic rings. The first-order valence-electron chi connectivity index (χ1n) is 4.60. The topological polar surface area (TPSA) is 23.6 Å². The molecule has 2 rings (SSSR count). The Balaban J connectivity index is 2.27. The van der Waals surface area contributed by atoms with Crippen molar-refractivity contribution in [3.05, 3.63) is 43.1 Å². The Morgan fingerprint density at radius 2 is 2.00 bits per heavy atom. The Morgan fingerprint density at radius 1 is 1.29 bits per heavy atom. The maximum absolute atomic E-state index is 11.4. The van der Waals surface area contributed by atoms with E-state index in [0.29, 0.717) is 6.42 Å². The van der Waals surface area contributed by atoms with Crippen LogP contribution in [-0.4, -0.2) is 17.5 Å². The lowest BCUT2D eigenvalue weighted by Gasteiger charge is -2.26. The van der Waals surface area contributed by atoms with Crippen LogP contribution in [0.25, 0.3) is 0 Å². The zero-order chi connectivity index (χ0) is 9.97. The van der Waals surface area contributed by atoms with E-state index in [1.165, 1.54) is 0 Å². The van der Waals surface area contributed by atoms with E-state index in [1.54, 1.807) is 11.2 Å². The van der Waals surface area contributed by atoms with Crippen LogP contribution < -0.4 is 5.01 Å². The van der Waals surface area contributed by atoms with Gasteiger partial charge in [-0.1, -0.05) is 24.8 Å². The minimum Gasteiger partial charge on any atom is -0.278 e. The summed E-state index contributed by atoms with van der Waals surface area (Å²) in [4.78, 5) is 11.4. The number of hydrazine groups is 1. The molecular weight excluding hydrogens is 176 g/mol. The first kappa shape index (κ1) is 8.81. The lowest BCUT2D eigenvalue weighted by molar-refractivity contribution is -0.125. The van der Waals surface area contributed by atoms with E-state index in [4.69, 9.17) is 0 Å². The number of carbonyl (C=O) groups is 1. The highest BCUT2D eigenvalue weighted by Gasteiger charge is 2.26. The van der Waals surface area contributed by atoms with E-state index >= 15 is 0 Å². The fourth-order valence-corrected chi connectivity index (χ4v) is 1.61. The summed E-state index contributed by atoms with van der Waals surface area (Å²) in [6.45, 7) is 4.36. The average Bonchev–Trinajstić information content (AvgIpc) is 2.61. The summed E-state index contributed by atoms with van der Waals surface area (Å²) in [6, 6.07) is 9.84. The highest BCUT2D eigenvalue weighted by atomic mass is 16.2. The van der Waals surface area contributed by atoms with Crippen LogP contribution in [0, 0.1) is 0 Å². The van der Waals surface area contributed by atoms with Crippen molar-refractivity contribution in [1.82, 2.24) is 5.01 Å². The molecule has 0 aliphatic carbocycles. The third-order valence-corrected chi connectivity index (χ3v) is 2.28. The molecule has 0 bridgehead atoms. The normalized spacial score (nSPS) is 16.1. The van der Waals surface area contributed by atoms with Gasteiger partial charge in [0.1, 0.15) is 0 Å². The van der Waals surface area contributed by atoms with Crippen LogP contribution in [0.4, 0.5) is 5.69 Å². The minimum atomic E-state index is 0.101. The fourth-order valence-electron chi connectivity index (χ4n) is 1.61. The third kappa shape index (κ3) is 1.37. The fraction of sp³-hybridized carbons (Fsp3) is 0.182. The Morgan fingerprint density at radius 3 is 2.64 bits per heavy atom. The summed E-state index contributed by atoms with van der Waals surface area (Å²) >= 11 is 0. The summed E-state index contributed by atoms with van der Waals surface area (Å²) in [6.07, 6.45) is 2.11. The van der Waals surface area contributed by atoms with Gasteiger partial charge in [0.15, 0.2) is 0 Å². The molecule has 0 saturated carbocycles. The standard InChI is InChI=1S/C11H12N2O/c1-2-12-11(14)8-9-13(12)10-6-4-3-5-7-10/h2-7H,1,8-9H2. The number of anilines is 1. The van der Waals surface area contributed by atoms with Crippen molar-refractivity contribution in [2.24, 2.45) is 0 Å². The predicted molar refractivity (Wildman–Crippen MR) is 55.4 cm³/mol. The number of benzene rings is 1. The van der Waals surface area contributed by atoms with E-state index in [1.807, 2.05) is 35.3 Å². The Labute approximate surface area is 83.2 Å². The van der Waals surface area contributed by atoms with Gasteiger partial charge in [0.25, 0.3) is 0 Å². The first-order chi connectivity index (χ1) is 6.83. The second-order valence-corrected chi connectivity index (χ2v) is 3.13. The number of hydrogen-bond acceptors (Lipinski definition) is 2. The molecule has 1 heterocycles. The van der Waals surface area contributed by atoms with E-state index < -0.39 is 0 Å². The van der Waals surface area contributed by atoms with E-state index in [-0.39, 0.29) is 5.91 Å². The lowest BCUT2D eigenvalue weighted by atomic mass is 10.3. The van der Waals surface area contributed by atoms with Gasteiger partial charge in [0, 0.05) is 19.2 Å². The summed E-state index contributed by atoms with van der Waals surface area (Å²) in [5, 5.41) is 3.49. The van der Waals surface area contributed by atoms with Gasteiger partial charge < -0.3 is 0 Å². The Bertz CT molecular complexity index is 348. The van der Waals surface area contributed by atoms with Gasteiger partial charge in [-0.25, -0.2) is 5.01 Å². The van der Waals surface area contributed by atoms with Crippen LogP contribution in [0.5, 0.6) is 0 Å². The van der Waals surface area contributed by atoms with Gasteiger partial charge in [0.2, 0.25) is 5.91 Å². The van der Waals surface area contributed by atoms with Crippen molar-refractivity contribution >= 4 is 11.6 Å². The van der Waals surface area contributed by atoms with Crippen LogP contribution in [0.2, 0.25) is 0 Å². The summed E-state index contributed by atoms with van der Waals surface area (Å²) in [5.41, 5.74) is 1.03. The highest BCUT2D eigenvalue weighted by Crippen LogP contribution is 2.21. The molecule has 1 aromatic rings. The van der Waals surface area contributed by atoms with Crippen molar-refractivity contribution in [2.75, 3.05) is 11.6 Å². The maximum Gasteiger partial charge on any atom is 0.247 e. The SMILES string of the molecule is C=CN1C(=O)CCN1c1ccccc1. The molecule has 1 saturated heterocycles. The van der Waals surface area contributed by atoms with Gasteiger partial charge in [-0.2, -0.15) is 0 Å². The van der Waals surface area contributed by atoms with Crippen LogP contribution >= 0.6 is 0 Å². The zero-order valence-corrected chi connectivity index (χ0v) is 7.89. The number of amides is 1. The molecule has 1 fully saturated rings. The quantitative estimate of drug-likeness (QED) is 0.706. The van der Waals surface area contributed by atoms with Crippen LogP contribution in [0.1, 0.15) is 6.42 Å². The second-order valence-electron chi connectivity index (χ2n) is 3.13. The molecule has 0 spiro atoms. The predicted octanol–water partition coefficient (Wildman–Crippen LogP) is 1.78. The van der Waals surface area contributed by atoms with Gasteiger partial charge in [0.05, 0.1) is 5.69 Å². The van der Waals surface area contributed by atoms with Crippen LogP contribution in [0.15, 0.2) is 43.1 Å². The molecule has 0 unspecified atom stereocenters. The maximum atomic E-state index is 11.4. The van der Waals surface area contributed by atoms with Gasteiger partial charge in [-0.05, 0) is 12.1 Å². The molecule has 0 radical (unpaired) electrons. The number of carbonyl (C=O) groups excluding carboxylic acids is 1. The molecule has 72 valence electrons. The molecule has 1 aliphatic heterocycles. The van der Waals surface area contributed by atoms with Crippen molar-refractivity contribution in [1.29, 1.82) is 0 Å². The minimum absolute atomic E-state index is 0.101. The second kappa shape index (κ2) is 3.54. The van der Waals surface area contributed by atoms with Gasteiger partial charge >= 0.3 is 0 Å². The number of nitrogens with zero attached hydrogens (tertiary/aromatic N) is 2. The van der Waals surface area contributed by atoms with E-state index in [9.17, 15) is 4.79 Å². The molecule has 3 nitrogen and oxygen atoms in total. The zero-order valence-electron chi connectivity index (χ0n) is 7.89. The first-order valence-corrected chi connectivity index (χ1v) is 4.60. The van der Waals surface area contributed by atoms with Crippen molar-refractivity contribution in [2.45, 2.75) is 6.42 Å². The third-order valence-electron chi connectivity index (χ3n) is 2.28. The molecule has 14 heavy (non-hydrogen) atoms. The smallest absolute Gasteiger partial charge is 0.247 e. The number of hydrogen-bond donors (Lipinski definition) is 0. The largest absolute Gasteiger partial charge is 0.278 e. The van der Waals surface area contributed by atoms with Crippen LogP contribution in [0.3, 0.4) is 0 Å². The molecule has 0 N–H and O–H groups in total. The average molecular weight is 188 g/mol. The van der Waals surface area contributed by atoms with Gasteiger partial charge in [-0.3, -0.25) is 9.80 Å². The van der Waals surface area contributed by atoms with Crippen molar-refractivity contribution in [3.8, 4) is 0 Å². The Kier molecular flexibility index (Phi) is 2.23. The van der Waals surface area contributed by atoms with E-state index in [2.05, 4.69) is 6.58 Å².